The molecule has 4 rings (SSSR count). The zero-order chi connectivity index (χ0) is 22.0. The van der Waals surface area contributed by atoms with E-state index in [4.69, 9.17) is 10.5 Å². The molecule has 3 heterocycles. The lowest BCUT2D eigenvalue weighted by Crippen LogP contribution is -2.36. The monoisotopic (exact) mass is 419 g/mol. The number of amides is 1. The number of nitrogens with two attached hydrogens (primary N) is 1. The Labute approximate surface area is 180 Å². The van der Waals surface area contributed by atoms with Gasteiger partial charge in [-0.25, -0.2) is 4.98 Å². The molecule has 160 valence electrons. The molecule has 0 bridgehead atoms. The first kappa shape index (κ1) is 20.6. The van der Waals surface area contributed by atoms with E-state index in [-0.39, 0.29) is 5.56 Å². The lowest BCUT2D eigenvalue weighted by molar-refractivity contribution is 0.0999. The maximum Gasteiger partial charge on any atom is 0.274 e. The summed E-state index contributed by atoms with van der Waals surface area (Å²) >= 11 is 0. The number of ether oxygens (including phenoxy) is 1. The highest BCUT2D eigenvalue weighted by molar-refractivity contribution is 5.96. The third-order valence-electron chi connectivity index (χ3n) is 5.48. The second-order valence-corrected chi connectivity index (χ2v) is 7.53. The standard InChI is InChI=1S/C23H25N5O3/c1-15-18(4-3-5-19(15)22(24)29)16-12-20(23(30)27(2)14-16)26-21-7-6-17(13-25-21)28-8-10-31-11-9-28/h3-7,12-14H,8-11H2,1-2H3,(H2,24,29)(H,25,26). The van der Waals surface area contributed by atoms with E-state index in [0.717, 1.165) is 35.5 Å². The first-order valence-corrected chi connectivity index (χ1v) is 10.1. The highest BCUT2D eigenvalue weighted by atomic mass is 16.5. The van der Waals surface area contributed by atoms with E-state index in [2.05, 4.69) is 15.2 Å². The van der Waals surface area contributed by atoms with Crippen molar-refractivity contribution in [1.29, 1.82) is 0 Å². The summed E-state index contributed by atoms with van der Waals surface area (Å²) in [5.41, 5.74) is 9.61. The van der Waals surface area contributed by atoms with E-state index in [1.54, 1.807) is 37.6 Å². The van der Waals surface area contributed by atoms with Gasteiger partial charge in [0, 0.05) is 37.5 Å². The predicted molar refractivity (Wildman–Crippen MR) is 121 cm³/mol. The number of carbonyl (C=O) groups excluding carboxylic acids is 1. The number of pyridine rings is 2. The Bertz CT molecular complexity index is 1160. The molecule has 0 atom stereocenters. The van der Waals surface area contributed by atoms with Crippen molar-refractivity contribution >= 4 is 23.1 Å². The molecule has 31 heavy (non-hydrogen) atoms. The van der Waals surface area contributed by atoms with E-state index in [1.165, 1.54) is 4.57 Å². The van der Waals surface area contributed by atoms with Gasteiger partial charge in [0.25, 0.3) is 5.56 Å². The van der Waals surface area contributed by atoms with Crippen molar-refractivity contribution in [3.05, 3.63) is 70.3 Å². The van der Waals surface area contributed by atoms with Gasteiger partial charge in [-0.15, -0.1) is 0 Å². The van der Waals surface area contributed by atoms with Gasteiger partial charge < -0.3 is 25.3 Å². The topological polar surface area (TPSA) is 102 Å². The summed E-state index contributed by atoms with van der Waals surface area (Å²) < 4.78 is 6.90. The fraction of sp³-hybridized carbons (Fsp3) is 0.261. The van der Waals surface area contributed by atoms with Crippen molar-refractivity contribution in [2.75, 3.05) is 36.5 Å². The van der Waals surface area contributed by atoms with Crippen LogP contribution >= 0.6 is 0 Å². The molecule has 1 fully saturated rings. The quantitative estimate of drug-likeness (QED) is 0.659. The van der Waals surface area contributed by atoms with E-state index >= 15 is 0 Å². The SMILES string of the molecule is Cc1c(C(N)=O)cccc1-c1cc(Nc2ccc(N3CCOCC3)cn2)c(=O)n(C)c1. The number of aromatic nitrogens is 2. The molecule has 0 unspecified atom stereocenters. The Morgan fingerprint density at radius 3 is 2.65 bits per heavy atom. The summed E-state index contributed by atoms with van der Waals surface area (Å²) in [6.45, 7) is 4.93. The minimum atomic E-state index is -0.480. The Balaban J connectivity index is 1.64. The molecule has 8 heteroatoms. The van der Waals surface area contributed by atoms with Crippen molar-refractivity contribution in [3.63, 3.8) is 0 Å². The highest BCUT2D eigenvalue weighted by Gasteiger charge is 2.14. The van der Waals surface area contributed by atoms with Crippen molar-refractivity contribution < 1.29 is 9.53 Å². The number of primary amides is 1. The number of rotatable bonds is 5. The van der Waals surface area contributed by atoms with E-state index < -0.39 is 5.91 Å². The Hall–Kier alpha value is -3.65. The number of nitrogens with zero attached hydrogens (tertiary/aromatic N) is 3. The average molecular weight is 419 g/mol. The van der Waals surface area contributed by atoms with Gasteiger partial charge >= 0.3 is 0 Å². The third-order valence-corrected chi connectivity index (χ3v) is 5.48. The number of anilines is 3. The van der Waals surface area contributed by atoms with Crippen molar-refractivity contribution in [2.24, 2.45) is 12.8 Å². The van der Waals surface area contributed by atoms with Crippen LogP contribution in [0.4, 0.5) is 17.2 Å². The number of carbonyl (C=O) groups is 1. The molecular formula is C23H25N5O3. The highest BCUT2D eigenvalue weighted by Crippen LogP contribution is 2.27. The van der Waals surface area contributed by atoms with Crippen LogP contribution in [0.1, 0.15) is 15.9 Å². The molecule has 0 saturated carbocycles. The van der Waals surface area contributed by atoms with Crippen LogP contribution in [0.5, 0.6) is 0 Å². The maximum absolute atomic E-state index is 12.7. The molecule has 0 radical (unpaired) electrons. The molecule has 0 aliphatic carbocycles. The first-order valence-electron chi connectivity index (χ1n) is 10.1. The molecule has 2 aromatic heterocycles. The average Bonchev–Trinajstić information content (AvgIpc) is 2.78. The molecule has 1 amide bonds. The Morgan fingerprint density at radius 1 is 1.19 bits per heavy atom. The third kappa shape index (κ3) is 4.29. The molecule has 1 aromatic carbocycles. The summed E-state index contributed by atoms with van der Waals surface area (Å²) in [6.07, 6.45) is 3.54. The second kappa shape index (κ2) is 8.61. The second-order valence-electron chi connectivity index (χ2n) is 7.53. The molecule has 0 spiro atoms. The normalized spacial score (nSPS) is 13.8. The van der Waals surface area contributed by atoms with Crippen LogP contribution in [0, 0.1) is 6.92 Å². The lowest BCUT2D eigenvalue weighted by atomic mass is 9.97. The molecule has 1 aliphatic rings. The number of nitrogens with one attached hydrogen (secondary N) is 1. The molecule has 1 saturated heterocycles. The van der Waals surface area contributed by atoms with Crippen molar-refractivity contribution in [1.82, 2.24) is 9.55 Å². The van der Waals surface area contributed by atoms with Crippen LogP contribution in [0.2, 0.25) is 0 Å². The fourth-order valence-electron chi connectivity index (χ4n) is 3.77. The summed E-state index contributed by atoms with van der Waals surface area (Å²) in [7, 11) is 1.69. The minimum Gasteiger partial charge on any atom is -0.378 e. The van der Waals surface area contributed by atoms with Crippen LogP contribution in [-0.2, 0) is 11.8 Å². The fourth-order valence-corrected chi connectivity index (χ4v) is 3.77. The van der Waals surface area contributed by atoms with Crippen molar-refractivity contribution in [2.45, 2.75) is 6.92 Å². The molecule has 3 N–H and O–H groups in total. The summed E-state index contributed by atoms with van der Waals surface area (Å²) in [4.78, 5) is 31.1. The Morgan fingerprint density at radius 2 is 1.97 bits per heavy atom. The summed E-state index contributed by atoms with van der Waals surface area (Å²) in [6, 6.07) is 11.0. The summed E-state index contributed by atoms with van der Waals surface area (Å²) in [5.74, 6) is 0.0981. The van der Waals surface area contributed by atoms with Crippen molar-refractivity contribution in [3.8, 4) is 11.1 Å². The van der Waals surface area contributed by atoms with Gasteiger partial charge in [0.15, 0.2) is 0 Å². The van der Waals surface area contributed by atoms with E-state index in [1.807, 2.05) is 25.1 Å². The predicted octanol–water partition coefficient (Wildman–Crippen LogP) is 2.43. The van der Waals surface area contributed by atoms with Gasteiger partial charge in [-0.1, -0.05) is 12.1 Å². The lowest BCUT2D eigenvalue weighted by Gasteiger charge is -2.28. The molecule has 8 nitrogen and oxygen atoms in total. The van der Waals surface area contributed by atoms with Gasteiger partial charge in [-0.2, -0.15) is 0 Å². The number of benzene rings is 1. The zero-order valence-corrected chi connectivity index (χ0v) is 17.6. The van der Waals surface area contributed by atoms with Crippen LogP contribution in [-0.4, -0.2) is 41.8 Å². The number of morpholine rings is 1. The van der Waals surface area contributed by atoms with Gasteiger partial charge in [0.2, 0.25) is 5.91 Å². The largest absolute Gasteiger partial charge is 0.378 e. The van der Waals surface area contributed by atoms with E-state index in [0.29, 0.717) is 30.3 Å². The van der Waals surface area contributed by atoms with Gasteiger partial charge in [-0.3, -0.25) is 9.59 Å². The number of aryl methyl sites for hydroxylation is 1. The first-order chi connectivity index (χ1) is 14.9. The maximum atomic E-state index is 12.7. The molecule has 3 aromatic rings. The van der Waals surface area contributed by atoms with Crippen LogP contribution < -0.4 is 21.5 Å². The number of hydrogen-bond acceptors (Lipinski definition) is 6. The molecule has 1 aliphatic heterocycles. The summed E-state index contributed by atoms with van der Waals surface area (Å²) in [5, 5.41) is 3.13. The van der Waals surface area contributed by atoms with Crippen LogP contribution in [0.25, 0.3) is 11.1 Å². The van der Waals surface area contributed by atoms with Crippen LogP contribution in [0.3, 0.4) is 0 Å². The van der Waals surface area contributed by atoms with Gasteiger partial charge in [0.1, 0.15) is 11.5 Å². The van der Waals surface area contributed by atoms with Gasteiger partial charge in [-0.05, 0) is 42.3 Å². The smallest absolute Gasteiger partial charge is 0.274 e. The molecular weight excluding hydrogens is 394 g/mol. The Kier molecular flexibility index (Phi) is 5.73. The minimum absolute atomic E-state index is 0.175. The number of hydrogen-bond donors (Lipinski definition) is 2. The zero-order valence-electron chi connectivity index (χ0n) is 17.6. The van der Waals surface area contributed by atoms with Crippen LogP contribution in [0.15, 0.2) is 53.6 Å². The van der Waals surface area contributed by atoms with Gasteiger partial charge in [0.05, 0.1) is 25.1 Å². The van der Waals surface area contributed by atoms with E-state index in [9.17, 15) is 9.59 Å².